The second-order valence-electron chi connectivity index (χ2n) is 5.23. The molecular weight excluding hydrogens is 264 g/mol. The van der Waals surface area contributed by atoms with E-state index in [0.29, 0.717) is 16.3 Å². The van der Waals surface area contributed by atoms with Crippen molar-refractivity contribution in [3.05, 3.63) is 35.0 Å². The van der Waals surface area contributed by atoms with E-state index in [1.165, 1.54) is 0 Å². The third-order valence-corrected chi connectivity index (χ3v) is 3.80. The van der Waals surface area contributed by atoms with Gasteiger partial charge in [-0.15, -0.1) is 0 Å². The Balaban J connectivity index is 2.50. The van der Waals surface area contributed by atoms with Gasteiger partial charge in [-0.3, -0.25) is 14.5 Å². The molecule has 2 aliphatic rings. The molecule has 1 heterocycles. The maximum Gasteiger partial charge on any atom is 0.229 e. The van der Waals surface area contributed by atoms with E-state index in [0.717, 1.165) is 0 Å². The van der Waals surface area contributed by atoms with Gasteiger partial charge in [0.1, 0.15) is 0 Å². The minimum Gasteiger partial charge on any atom is -0.328 e. The summed E-state index contributed by atoms with van der Waals surface area (Å²) in [5.41, 5.74) is 1.15. The molecule has 0 bridgehead atoms. The molecule has 0 spiro atoms. The molecule has 4 nitrogen and oxygen atoms in total. The summed E-state index contributed by atoms with van der Waals surface area (Å²) in [7, 11) is 3.60. The van der Waals surface area contributed by atoms with Gasteiger partial charge in [-0.1, -0.05) is 25.1 Å². The highest BCUT2D eigenvalue weighted by Crippen LogP contribution is 2.33. The Hall–Kier alpha value is -1.39. The van der Waals surface area contributed by atoms with E-state index in [2.05, 4.69) is 11.9 Å². The molecule has 1 N–H and O–H groups in total. The number of rotatable bonds is 1. The highest BCUT2D eigenvalue weighted by atomic mass is 35.5. The van der Waals surface area contributed by atoms with Crippen LogP contribution in [0.4, 0.5) is 0 Å². The molecule has 1 aliphatic carbocycles. The lowest BCUT2D eigenvalue weighted by atomic mass is 9.83. The number of ketones is 1. The van der Waals surface area contributed by atoms with Crippen molar-refractivity contribution in [3.8, 4) is 0 Å². The third kappa shape index (κ3) is 2.38. The summed E-state index contributed by atoms with van der Waals surface area (Å²) in [5, 5.41) is 3.27. The lowest BCUT2D eigenvalue weighted by Gasteiger charge is -2.28. The summed E-state index contributed by atoms with van der Waals surface area (Å²) in [6, 6.07) is -0.460. The molecule has 102 valence electrons. The normalized spacial score (nSPS) is 31.4. The molecule has 19 heavy (non-hydrogen) atoms. The summed E-state index contributed by atoms with van der Waals surface area (Å²) in [6.45, 7) is 5.65. The fraction of sp³-hybridized carbons (Fsp3) is 0.429. The summed E-state index contributed by atoms with van der Waals surface area (Å²) in [4.78, 5) is 26.6. The molecule has 1 aliphatic heterocycles. The van der Waals surface area contributed by atoms with Crippen molar-refractivity contribution in [1.82, 2.24) is 10.2 Å². The number of carbonyl (C=O) groups excluding carboxylic acids is 2. The number of hydrogen-bond acceptors (Lipinski definition) is 3. The number of nitrogens with one attached hydrogen (secondary N) is 1. The van der Waals surface area contributed by atoms with Gasteiger partial charge in [0, 0.05) is 10.7 Å². The van der Waals surface area contributed by atoms with Crippen molar-refractivity contribution < 1.29 is 9.59 Å². The Morgan fingerprint density at radius 2 is 1.95 bits per heavy atom. The van der Waals surface area contributed by atoms with Crippen molar-refractivity contribution in [2.45, 2.75) is 13.0 Å². The summed E-state index contributed by atoms with van der Waals surface area (Å²) >= 11 is 5.97. The molecule has 3 unspecified atom stereocenters. The number of hydrogen-bond donors (Lipinski definition) is 1. The highest BCUT2D eigenvalue weighted by molar-refractivity contribution is 6.31. The zero-order chi connectivity index (χ0) is 14.3. The topological polar surface area (TPSA) is 49.4 Å². The van der Waals surface area contributed by atoms with E-state index in [-0.39, 0.29) is 11.7 Å². The third-order valence-electron chi connectivity index (χ3n) is 3.59. The zero-order valence-electron chi connectivity index (χ0n) is 11.2. The Morgan fingerprint density at radius 1 is 1.32 bits per heavy atom. The Labute approximate surface area is 117 Å². The van der Waals surface area contributed by atoms with E-state index in [9.17, 15) is 9.59 Å². The minimum atomic E-state index is -0.510. The van der Waals surface area contributed by atoms with Gasteiger partial charge in [0.2, 0.25) is 5.91 Å². The van der Waals surface area contributed by atoms with Crippen LogP contribution in [0.5, 0.6) is 0 Å². The fourth-order valence-electron chi connectivity index (χ4n) is 2.70. The first-order valence-electron chi connectivity index (χ1n) is 6.11. The molecule has 0 aromatic carbocycles. The average molecular weight is 281 g/mol. The van der Waals surface area contributed by atoms with E-state index in [1.54, 1.807) is 38.1 Å². The highest BCUT2D eigenvalue weighted by Gasteiger charge is 2.42. The van der Waals surface area contributed by atoms with Gasteiger partial charge in [0.15, 0.2) is 5.78 Å². The molecule has 1 fully saturated rings. The fourth-order valence-corrected chi connectivity index (χ4v) is 2.95. The molecule has 3 atom stereocenters. The van der Waals surface area contributed by atoms with Crippen molar-refractivity contribution in [1.29, 1.82) is 0 Å². The van der Waals surface area contributed by atoms with Gasteiger partial charge >= 0.3 is 0 Å². The number of amides is 1. The number of carbonyl (C=O) groups is 2. The molecular formula is C14H17ClN2O2. The quantitative estimate of drug-likeness (QED) is 0.791. The number of allylic oxidation sites excluding steroid dienone is 4. The first-order valence-corrected chi connectivity index (χ1v) is 6.49. The van der Waals surface area contributed by atoms with Crippen molar-refractivity contribution >= 4 is 23.3 Å². The first-order chi connectivity index (χ1) is 8.82. The summed E-state index contributed by atoms with van der Waals surface area (Å²) in [6.07, 6.45) is 3.30. The standard InChI is InChI=1S/C14H17ClN2O2/c1-7-5-9(15)6-10-11(7)13(18)12(17(3)4)8(2)14(19)16-10/h5-6,8,11-12H,1H2,2-4H3,(H,16,19). The average Bonchev–Trinajstić information content (AvgIpc) is 2.34. The van der Waals surface area contributed by atoms with Crippen LogP contribution in [0.2, 0.25) is 0 Å². The van der Waals surface area contributed by atoms with E-state index in [1.807, 2.05) is 0 Å². The summed E-state index contributed by atoms with van der Waals surface area (Å²) < 4.78 is 0. The SMILES string of the molecule is C=C1C=C(Cl)C=C2NC(=O)C(C)C(N(C)C)C(=O)C12. The van der Waals surface area contributed by atoms with Gasteiger partial charge in [-0.2, -0.15) is 0 Å². The van der Waals surface area contributed by atoms with Crippen molar-refractivity contribution in [2.75, 3.05) is 14.1 Å². The number of likely N-dealkylation sites (N-methyl/N-ethyl adjacent to an activating group) is 1. The van der Waals surface area contributed by atoms with Crippen LogP contribution in [0, 0.1) is 11.8 Å². The van der Waals surface area contributed by atoms with Crippen LogP contribution in [0.25, 0.3) is 0 Å². The minimum absolute atomic E-state index is 0.0208. The Bertz CT molecular complexity index is 520. The van der Waals surface area contributed by atoms with Crippen molar-refractivity contribution in [2.24, 2.45) is 11.8 Å². The van der Waals surface area contributed by atoms with Gasteiger partial charge in [-0.05, 0) is 31.8 Å². The first kappa shape index (κ1) is 14.0. The molecule has 0 aromatic rings. The number of halogens is 1. The van der Waals surface area contributed by atoms with Crippen LogP contribution in [-0.2, 0) is 9.59 Å². The van der Waals surface area contributed by atoms with Gasteiger partial charge in [-0.25, -0.2) is 0 Å². The molecule has 0 aromatic heterocycles. The van der Waals surface area contributed by atoms with Gasteiger partial charge in [0.05, 0.1) is 17.9 Å². The van der Waals surface area contributed by atoms with Crippen LogP contribution < -0.4 is 5.32 Å². The molecule has 2 rings (SSSR count). The Morgan fingerprint density at radius 3 is 2.53 bits per heavy atom. The van der Waals surface area contributed by atoms with Crippen LogP contribution in [0.3, 0.4) is 0 Å². The molecule has 1 saturated heterocycles. The maximum absolute atomic E-state index is 12.7. The van der Waals surface area contributed by atoms with Crippen LogP contribution >= 0.6 is 11.6 Å². The second-order valence-corrected chi connectivity index (χ2v) is 5.66. The number of fused-ring (bicyclic) bond motifs is 1. The van der Waals surface area contributed by atoms with Crippen LogP contribution in [0.15, 0.2) is 35.0 Å². The van der Waals surface area contributed by atoms with Gasteiger partial charge < -0.3 is 5.32 Å². The van der Waals surface area contributed by atoms with Crippen molar-refractivity contribution in [3.63, 3.8) is 0 Å². The van der Waals surface area contributed by atoms with E-state index < -0.39 is 17.9 Å². The number of Topliss-reactive ketones (excluding diaryl/α,β-unsaturated/α-hetero) is 1. The van der Waals surface area contributed by atoms with E-state index in [4.69, 9.17) is 11.6 Å². The lowest BCUT2D eigenvalue weighted by molar-refractivity contribution is -0.132. The predicted molar refractivity (Wildman–Crippen MR) is 74.4 cm³/mol. The molecule has 0 saturated carbocycles. The smallest absolute Gasteiger partial charge is 0.229 e. The summed E-state index contributed by atoms with van der Waals surface area (Å²) in [5.74, 6) is -1.11. The molecule has 1 amide bonds. The second kappa shape index (κ2) is 4.94. The largest absolute Gasteiger partial charge is 0.328 e. The van der Waals surface area contributed by atoms with Crippen LogP contribution in [0.1, 0.15) is 6.92 Å². The molecule has 0 radical (unpaired) electrons. The van der Waals surface area contributed by atoms with Gasteiger partial charge in [0.25, 0.3) is 0 Å². The van der Waals surface area contributed by atoms with Crippen LogP contribution in [-0.4, -0.2) is 36.7 Å². The zero-order valence-corrected chi connectivity index (χ0v) is 12.0. The molecule has 5 heteroatoms. The predicted octanol–water partition coefficient (Wildman–Crippen LogP) is 1.44. The monoisotopic (exact) mass is 280 g/mol. The van der Waals surface area contributed by atoms with E-state index >= 15 is 0 Å². The number of nitrogens with zero attached hydrogens (tertiary/aromatic N) is 1. The maximum atomic E-state index is 12.7. The Kier molecular flexibility index (Phi) is 3.65. The lowest BCUT2D eigenvalue weighted by Crippen LogP contribution is -2.45.